The summed E-state index contributed by atoms with van der Waals surface area (Å²) in [5, 5.41) is 0. The van der Waals surface area contributed by atoms with Crippen LogP contribution in [-0.2, 0) is 13.0 Å². The van der Waals surface area contributed by atoms with Gasteiger partial charge in [0.1, 0.15) is 24.0 Å². The molecule has 0 heterocycles. The van der Waals surface area contributed by atoms with Crippen LogP contribution in [0.15, 0.2) is 42.5 Å². The highest BCUT2D eigenvalue weighted by atomic mass is 19.1. The minimum Gasteiger partial charge on any atom is -0.489 e. The van der Waals surface area contributed by atoms with E-state index >= 15 is 0 Å². The number of nitrogens with two attached hydrogens (primary N) is 1. The van der Waals surface area contributed by atoms with Gasteiger partial charge in [-0.15, -0.1) is 0 Å². The third-order valence-corrected chi connectivity index (χ3v) is 3.26. The molecule has 2 rings (SSSR count). The van der Waals surface area contributed by atoms with E-state index in [4.69, 9.17) is 10.5 Å². The van der Waals surface area contributed by atoms with Crippen LogP contribution in [0.25, 0.3) is 0 Å². The first-order chi connectivity index (χ1) is 10.1. The van der Waals surface area contributed by atoms with E-state index in [1.807, 2.05) is 19.1 Å². The second kappa shape index (κ2) is 7.18. The molecule has 2 aromatic rings. The molecule has 4 heteroatoms. The SMILES string of the molecule is CC(N)CCc1ccc(OCc2c(F)cccc2F)cc1. The Bertz CT molecular complexity index is 562. The van der Waals surface area contributed by atoms with Gasteiger partial charge in [-0.3, -0.25) is 0 Å². The summed E-state index contributed by atoms with van der Waals surface area (Å²) in [7, 11) is 0. The number of hydrogen-bond donors (Lipinski definition) is 1. The van der Waals surface area contributed by atoms with Crippen molar-refractivity contribution in [2.24, 2.45) is 5.73 Å². The van der Waals surface area contributed by atoms with E-state index < -0.39 is 11.6 Å². The summed E-state index contributed by atoms with van der Waals surface area (Å²) in [6, 6.07) is 11.4. The molecule has 0 amide bonds. The highest BCUT2D eigenvalue weighted by Crippen LogP contribution is 2.18. The van der Waals surface area contributed by atoms with Gasteiger partial charge in [-0.1, -0.05) is 18.2 Å². The normalized spacial score (nSPS) is 12.2. The zero-order chi connectivity index (χ0) is 15.2. The number of benzene rings is 2. The van der Waals surface area contributed by atoms with Crippen molar-refractivity contribution in [1.82, 2.24) is 0 Å². The minimum absolute atomic E-state index is 0.0569. The van der Waals surface area contributed by atoms with Gasteiger partial charge >= 0.3 is 0 Å². The Kier molecular flexibility index (Phi) is 5.28. The Hall–Kier alpha value is -1.94. The van der Waals surface area contributed by atoms with Crippen molar-refractivity contribution in [3.8, 4) is 5.75 Å². The fourth-order valence-corrected chi connectivity index (χ4v) is 1.97. The first-order valence-electron chi connectivity index (χ1n) is 6.96. The molecule has 0 fully saturated rings. The Morgan fingerprint density at radius 1 is 1.05 bits per heavy atom. The predicted octanol–water partition coefficient (Wildman–Crippen LogP) is 3.82. The molecule has 0 radical (unpaired) electrons. The van der Waals surface area contributed by atoms with Crippen molar-refractivity contribution < 1.29 is 13.5 Å². The van der Waals surface area contributed by atoms with Crippen LogP contribution in [0, 0.1) is 11.6 Å². The van der Waals surface area contributed by atoms with Crippen molar-refractivity contribution in [3.05, 3.63) is 65.2 Å². The van der Waals surface area contributed by atoms with Crippen molar-refractivity contribution in [2.75, 3.05) is 0 Å². The van der Waals surface area contributed by atoms with E-state index in [1.165, 1.54) is 18.2 Å². The molecule has 0 bridgehead atoms. The van der Waals surface area contributed by atoms with Gasteiger partial charge in [0, 0.05) is 6.04 Å². The lowest BCUT2D eigenvalue weighted by atomic mass is 10.1. The molecule has 2 nitrogen and oxygen atoms in total. The zero-order valence-electron chi connectivity index (χ0n) is 12.0. The second-order valence-electron chi connectivity index (χ2n) is 5.15. The molecule has 0 aliphatic heterocycles. The highest BCUT2D eigenvalue weighted by Gasteiger charge is 2.09. The molecule has 0 saturated carbocycles. The third-order valence-electron chi connectivity index (χ3n) is 3.26. The molecule has 0 aromatic heterocycles. The maximum absolute atomic E-state index is 13.5. The van der Waals surface area contributed by atoms with Gasteiger partial charge in [0.05, 0.1) is 5.56 Å². The van der Waals surface area contributed by atoms with E-state index in [1.54, 1.807) is 12.1 Å². The second-order valence-corrected chi connectivity index (χ2v) is 5.15. The molecule has 21 heavy (non-hydrogen) atoms. The summed E-state index contributed by atoms with van der Waals surface area (Å²) in [4.78, 5) is 0. The van der Waals surface area contributed by atoms with Crippen LogP contribution in [-0.4, -0.2) is 6.04 Å². The van der Waals surface area contributed by atoms with Crippen LogP contribution < -0.4 is 10.5 Å². The zero-order valence-corrected chi connectivity index (χ0v) is 12.0. The Balaban J connectivity index is 1.95. The molecule has 0 spiro atoms. The van der Waals surface area contributed by atoms with Gasteiger partial charge in [-0.2, -0.15) is 0 Å². The Labute approximate surface area is 123 Å². The summed E-state index contributed by atoms with van der Waals surface area (Å²) in [6.45, 7) is 1.85. The lowest BCUT2D eigenvalue weighted by Crippen LogP contribution is -2.15. The van der Waals surface area contributed by atoms with E-state index in [0.717, 1.165) is 18.4 Å². The summed E-state index contributed by atoms with van der Waals surface area (Å²) in [5.41, 5.74) is 6.82. The number of halogens is 2. The van der Waals surface area contributed by atoms with Crippen molar-refractivity contribution in [1.29, 1.82) is 0 Å². The lowest BCUT2D eigenvalue weighted by Gasteiger charge is -2.09. The first kappa shape index (κ1) is 15.4. The molecule has 2 aromatic carbocycles. The Morgan fingerprint density at radius 2 is 1.67 bits per heavy atom. The van der Waals surface area contributed by atoms with Crippen LogP contribution in [0.1, 0.15) is 24.5 Å². The van der Waals surface area contributed by atoms with Crippen LogP contribution in [0.5, 0.6) is 5.75 Å². The molecular formula is C17H19F2NO. The van der Waals surface area contributed by atoms with Crippen molar-refractivity contribution in [3.63, 3.8) is 0 Å². The molecule has 0 aliphatic rings. The number of aryl methyl sites for hydroxylation is 1. The summed E-state index contributed by atoms with van der Waals surface area (Å²) < 4.78 is 32.4. The van der Waals surface area contributed by atoms with Crippen LogP contribution >= 0.6 is 0 Å². The van der Waals surface area contributed by atoms with Gasteiger partial charge in [0.2, 0.25) is 0 Å². The molecule has 1 atom stereocenters. The lowest BCUT2D eigenvalue weighted by molar-refractivity contribution is 0.292. The van der Waals surface area contributed by atoms with E-state index in [2.05, 4.69) is 0 Å². The average Bonchev–Trinajstić information content (AvgIpc) is 2.46. The van der Waals surface area contributed by atoms with Crippen LogP contribution in [0.3, 0.4) is 0 Å². The summed E-state index contributed by atoms with van der Waals surface area (Å²) >= 11 is 0. The fourth-order valence-electron chi connectivity index (χ4n) is 1.97. The quantitative estimate of drug-likeness (QED) is 0.878. The molecule has 1 unspecified atom stereocenters. The summed E-state index contributed by atoms with van der Waals surface area (Å²) in [5.74, 6) is -0.602. The smallest absolute Gasteiger partial charge is 0.132 e. The average molecular weight is 291 g/mol. The monoisotopic (exact) mass is 291 g/mol. The van der Waals surface area contributed by atoms with Gasteiger partial charge in [0.15, 0.2) is 0 Å². The molecule has 0 aliphatic carbocycles. The van der Waals surface area contributed by atoms with Gasteiger partial charge < -0.3 is 10.5 Å². The minimum atomic E-state index is -0.594. The predicted molar refractivity (Wildman–Crippen MR) is 79.1 cm³/mol. The van der Waals surface area contributed by atoms with Crippen LogP contribution in [0.4, 0.5) is 8.78 Å². The van der Waals surface area contributed by atoms with Gasteiger partial charge in [-0.25, -0.2) is 8.78 Å². The first-order valence-corrected chi connectivity index (χ1v) is 6.96. The maximum atomic E-state index is 13.5. The number of rotatable bonds is 6. The topological polar surface area (TPSA) is 35.2 Å². The maximum Gasteiger partial charge on any atom is 0.132 e. The van der Waals surface area contributed by atoms with Crippen molar-refractivity contribution >= 4 is 0 Å². The van der Waals surface area contributed by atoms with E-state index in [-0.39, 0.29) is 18.2 Å². The molecule has 0 saturated heterocycles. The molecule has 2 N–H and O–H groups in total. The van der Waals surface area contributed by atoms with Crippen LogP contribution in [0.2, 0.25) is 0 Å². The fraction of sp³-hybridized carbons (Fsp3) is 0.294. The molecular weight excluding hydrogens is 272 g/mol. The number of hydrogen-bond acceptors (Lipinski definition) is 2. The third kappa shape index (κ3) is 4.53. The summed E-state index contributed by atoms with van der Waals surface area (Å²) in [6.07, 6.45) is 1.82. The largest absolute Gasteiger partial charge is 0.489 e. The van der Waals surface area contributed by atoms with Gasteiger partial charge in [0.25, 0.3) is 0 Å². The standard InChI is InChI=1S/C17H19F2NO/c1-12(20)5-6-13-7-9-14(10-8-13)21-11-15-16(18)3-2-4-17(15)19/h2-4,7-10,12H,5-6,11,20H2,1H3. The van der Waals surface area contributed by atoms with Gasteiger partial charge in [-0.05, 0) is 49.6 Å². The van der Waals surface area contributed by atoms with E-state index in [9.17, 15) is 8.78 Å². The number of ether oxygens (including phenoxy) is 1. The van der Waals surface area contributed by atoms with E-state index in [0.29, 0.717) is 5.75 Å². The highest BCUT2D eigenvalue weighted by molar-refractivity contribution is 5.28. The molecule has 112 valence electrons. The Morgan fingerprint density at radius 3 is 2.24 bits per heavy atom. The van der Waals surface area contributed by atoms with Crippen molar-refractivity contribution in [2.45, 2.75) is 32.4 Å².